The van der Waals surface area contributed by atoms with Gasteiger partial charge in [-0.2, -0.15) is 5.10 Å². The topological polar surface area (TPSA) is 103 Å². The highest BCUT2D eigenvalue weighted by Crippen LogP contribution is 2.28. The molecule has 0 aliphatic carbocycles. The Hall–Kier alpha value is -2.64. The van der Waals surface area contributed by atoms with Crippen molar-refractivity contribution in [3.8, 4) is 5.75 Å². The number of benzene rings is 1. The minimum atomic E-state index is -0.587. The van der Waals surface area contributed by atoms with Gasteiger partial charge < -0.3 is 9.47 Å². The Balaban J connectivity index is 2.95. The highest BCUT2D eigenvalue weighted by Gasteiger charge is 2.15. The minimum Gasteiger partial charge on any atom is -0.496 e. The van der Waals surface area contributed by atoms with Crippen LogP contribution in [0.1, 0.15) is 13.8 Å². The lowest BCUT2D eigenvalue weighted by Crippen LogP contribution is -2.15. The Morgan fingerprint density at radius 1 is 1.50 bits per heavy atom. The predicted molar refractivity (Wildman–Crippen MR) is 73.0 cm³/mol. The van der Waals surface area contributed by atoms with Crippen LogP contribution in [0.15, 0.2) is 23.3 Å². The molecule has 1 aromatic rings. The second-order valence-corrected chi connectivity index (χ2v) is 3.67. The van der Waals surface area contributed by atoms with Crippen molar-refractivity contribution >= 4 is 23.1 Å². The summed E-state index contributed by atoms with van der Waals surface area (Å²) < 4.78 is 9.66. The number of hydrogen-bond acceptors (Lipinski definition) is 7. The van der Waals surface area contributed by atoms with Crippen LogP contribution >= 0.6 is 0 Å². The number of ether oxygens (including phenoxy) is 2. The van der Waals surface area contributed by atoms with E-state index in [1.165, 1.54) is 26.2 Å². The third kappa shape index (κ3) is 3.94. The second-order valence-electron chi connectivity index (χ2n) is 3.67. The largest absolute Gasteiger partial charge is 0.496 e. The van der Waals surface area contributed by atoms with Gasteiger partial charge in [-0.3, -0.25) is 15.5 Å². The fraction of sp³-hybridized carbons (Fsp3) is 0.333. The van der Waals surface area contributed by atoms with Crippen molar-refractivity contribution in [2.45, 2.75) is 13.8 Å². The number of nitrogens with one attached hydrogen (secondary N) is 1. The number of hydrazone groups is 1. The first-order valence-corrected chi connectivity index (χ1v) is 5.79. The third-order valence-electron chi connectivity index (χ3n) is 2.32. The SMILES string of the molecule is CCOC(=O)C(C)=NNc1ccc(OC)cc1[N+](=O)[O-]. The first kappa shape index (κ1) is 15.4. The number of nitro groups is 1. The summed E-state index contributed by atoms with van der Waals surface area (Å²) in [5.41, 5.74) is 2.49. The van der Waals surface area contributed by atoms with E-state index in [-0.39, 0.29) is 23.7 Å². The molecule has 0 bridgehead atoms. The Kier molecular flexibility index (Phi) is 5.45. The van der Waals surface area contributed by atoms with Gasteiger partial charge in [-0.15, -0.1) is 0 Å². The third-order valence-corrected chi connectivity index (χ3v) is 2.32. The van der Waals surface area contributed by atoms with E-state index in [1.807, 2.05) is 0 Å². The highest BCUT2D eigenvalue weighted by molar-refractivity contribution is 6.35. The molecule has 8 nitrogen and oxygen atoms in total. The molecule has 0 atom stereocenters. The quantitative estimate of drug-likeness (QED) is 0.370. The normalized spacial score (nSPS) is 10.8. The fourth-order valence-electron chi connectivity index (χ4n) is 1.31. The maximum atomic E-state index is 11.3. The Bertz CT molecular complexity index is 542. The van der Waals surface area contributed by atoms with E-state index in [0.717, 1.165) is 0 Å². The van der Waals surface area contributed by atoms with E-state index in [0.29, 0.717) is 5.75 Å². The van der Waals surface area contributed by atoms with Crippen LogP contribution in [0.2, 0.25) is 0 Å². The molecule has 0 saturated carbocycles. The zero-order valence-corrected chi connectivity index (χ0v) is 11.4. The van der Waals surface area contributed by atoms with Crippen molar-refractivity contribution in [2.24, 2.45) is 5.10 Å². The number of carbonyl (C=O) groups is 1. The number of hydrogen-bond donors (Lipinski definition) is 1. The van der Waals surface area contributed by atoms with Gasteiger partial charge in [-0.1, -0.05) is 0 Å². The first-order chi connectivity index (χ1) is 9.49. The summed E-state index contributed by atoms with van der Waals surface area (Å²) in [6, 6.07) is 4.25. The molecule has 1 aromatic carbocycles. The van der Waals surface area contributed by atoms with Crippen LogP contribution < -0.4 is 10.2 Å². The zero-order valence-electron chi connectivity index (χ0n) is 11.4. The van der Waals surface area contributed by atoms with E-state index in [1.54, 1.807) is 13.0 Å². The summed E-state index contributed by atoms with van der Waals surface area (Å²) in [7, 11) is 1.41. The molecule has 8 heteroatoms. The Morgan fingerprint density at radius 3 is 2.75 bits per heavy atom. The summed E-state index contributed by atoms with van der Waals surface area (Å²) in [6.07, 6.45) is 0. The van der Waals surface area contributed by atoms with E-state index in [2.05, 4.69) is 10.5 Å². The standard InChI is InChI=1S/C12H15N3O5/c1-4-20-12(16)8(2)13-14-10-6-5-9(19-3)7-11(10)15(17)18/h5-7,14H,4H2,1-3H3. The van der Waals surface area contributed by atoms with E-state index < -0.39 is 10.9 Å². The summed E-state index contributed by atoms with van der Waals surface area (Å²) >= 11 is 0. The summed E-state index contributed by atoms with van der Waals surface area (Å²) in [6.45, 7) is 3.35. The molecule has 108 valence electrons. The molecule has 0 aliphatic rings. The second kappa shape index (κ2) is 7.07. The summed E-state index contributed by atoms with van der Waals surface area (Å²) in [5, 5.41) is 14.7. The van der Waals surface area contributed by atoms with Crippen molar-refractivity contribution in [1.82, 2.24) is 0 Å². The molecular weight excluding hydrogens is 266 g/mol. The van der Waals surface area contributed by atoms with E-state index >= 15 is 0 Å². The number of nitrogens with zero attached hydrogens (tertiary/aromatic N) is 2. The average Bonchev–Trinajstić information content (AvgIpc) is 2.44. The van der Waals surface area contributed by atoms with Crippen LogP contribution in [-0.2, 0) is 9.53 Å². The van der Waals surface area contributed by atoms with Crippen LogP contribution in [0.3, 0.4) is 0 Å². The molecule has 0 amide bonds. The van der Waals surface area contributed by atoms with Crippen LogP contribution in [0.5, 0.6) is 5.75 Å². The molecule has 0 aliphatic heterocycles. The maximum Gasteiger partial charge on any atom is 0.354 e. The van der Waals surface area contributed by atoms with Crippen LogP contribution in [-0.4, -0.2) is 30.3 Å². The van der Waals surface area contributed by atoms with Crippen molar-refractivity contribution in [3.05, 3.63) is 28.3 Å². The van der Waals surface area contributed by atoms with Crippen molar-refractivity contribution in [3.63, 3.8) is 0 Å². The molecule has 0 unspecified atom stereocenters. The van der Waals surface area contributed by atoms with Crippen LogP contribution in [0, 0.1) is 10.1 Å². The molecule has 1 rings (SSSR count). The molecule has 20 heavy (non-hydrogen) atoms. The molecule has 0 aromatic heterocycles. The predicted octanol–water partition coefficient (Wildman–Crippen LogP) is 1.95. The lowest BCUT2D eigenvalue weighted by molar-refractivity contribution is -0.384. The minimum absolute atomic E-state index is 0.0666. The lowest BCUT2D eigenvalue weighted by atomic mass is 10.2. The summed E-state index contributed by atoms with van der Waals surface area (Å²) in [5.74, 6) is -0.232. The van der Waals surface area contributed by atoms with Crippen LogP contribution in [0.4, 0.5) is 11.4 Å². The maximum absolute atomic E-state index is 11.3. The lowest BCUT2D eigenvalue weighted by Gasteiger charge is -2.06. The highest BCUT2D eigenvalue weighted by atomic mass is 16.6. The van der Waals surface area contributed by atoms with E-state index in [9.17, 15) is 14.9 Å². The monoisotopic (exact) mass is 281 g/mol. The molecule has 0 radical (unpaired) electrons. The van der Waals surface area contributed by atoms with Gasteiger partial charge in [-0.25, -0.2) is 4.79 Å². The number of carbonyl (C=O) groups excluding carboxylic acids is 1. The van der Waals surface area contributed by atoms with Crippen molar-refractivity contribution in [2.75, 3.05) is 19.1 Å². The van der Waals surface area contributed by atoms with Gasteiger partial charge in [0, 0.05) is 0 Å². The number of nitro benzene ring substituents is 1. The Labute approximate surface area is 115 Å². The summed E-state index contributed by atoms with van der Waals surface area (Å²) in [4.78, 5) is 21.7. The van der Waals surface area contributed by atoms with Gasteiger partial charge >= 0.3 is 5.97 Å². The van der Waals surface area contributed by atoms with Gasteiger partial charge in [-0.05, 0) is 26.0 Å². The zero-order chi connectivity index (χ0) is 15.1. The molecule has 0 fully saturated rings. The fourth-order valence-corrected chi connectivity index (χ4v) is 1.31. The van der Waals surface area contributed by atoms with Crippen molar-refractivity contribution in [1.29, 1.82) is 0 Å². The van der Waals surface area contributed by atoms with Crippen LogP contribution in [0.25, 0.3) is 0 Å². The van der Waals surface area contributed by atoms with Gasteiger partial charge in [0.2, 0.25) is 0 Å². The Morgan fingerprint density at radius 2 is 2.20 bits per heavy atom. The number of methoxy groups -OCH3 is 1. The average molecular weight is 281 g/mol. The molecule has 1 N–H and O–H groups in total. The number of esters is 1. The number of rotatable bonds is 6. The molecule has 0 spiro atoms. The van der Waals surface area contributed by atoms with Crippen molar-refractivity contribution < 1.29 is 19.2 Å². The smallest absolute Gasteiger partial charge is 0.354 e. The molecule has 0 heterocycles. The van der Waals surface area contributed by atoms with Gasteiger partial charge in [0.25, 0.3) is 5.69 Å². The number of anilines is 1. The van der Waals surface area contributed by atoms with Gasteiger partial charge in [0.05, 0.1) is 24.7 Å². The first-order valence-electron chi connectivity index (χ1n) is 5.79. The van der Waals surface area contributed by atoms with Gasteiger partial charge in [0.15, 0.2) is 0 Å². The molecular formula is C12H15N3O5. The van der Waals surface area contributed by atoms with E-state index in [4.69, 9.17) is 9.47 Å². The molecule has 0 saturated heterocycles. The van der Waals surface area contributed by atoms with Gasteiger partial charge in [0.1, 0.15) is 17.1 Å².